The van der Waals surface area contributed by atoms with Gasteiger partial charge in [-0.05, 0) is 18.2 Å². The van der Waals surface area contributed by atoms with E-state index < -0.39 is 27.0 Å². The second kappa shape index (κ2) is 7.01. The fourth-order valence-corrected chi connectivity index (χ4v) is 1.76. The Labute approximate surface area is 131 Å². The zero-order chi connectivity index (χ0) is 13.9. The Morgan fingerprint density at radius 3 is 1.95 bits per heavy atom. The first-order chi connectivity index (χ1) is 8.31. The van der Waals surface area contributed by atoms with E-state index in [-0.39, 0.29) is 40.7 Å². The second-order valence-electron chi connectivity index (χ2n) is 3.17. The van der Waals surface area contributed by atoms with Gasteiger partial charge in [0.05, 0.1) is 30.2 Å². The van der Waals surface area contributed by atoms with Gasteiger partial charge < -0.3 is 9.47 Å². The Balaban J connectivity index is 0.00000324. The minimum atomic E-state index is -4.48. The number of benzene rings is 1. The van der Waals surface area contributed by atoms with E-state index in [2.05, 4.69) is 9.47 Å². The Bertz CT molecular complexity index is 594. The molecule has 1 rings (SSSR count). The number of hydrogen-bond acceptors (Lipinski definition) is 6. The summed E-state index contributed by atoms with van der Waals surface area (Å²) in [6.07, 6.45) is 0. The Hall–Kier alpha value is -0.930. The molecule has 0 bridgehead atoms. The van der Waals surface area contributed by atoms with E-state index in [0.717, 1.165) is 32.4 Å². The molecule has 100 valence electrons. The van der Waals surface area contributed by atoms with Crippen LogP contribution in [0.3, 0.4) is 0 Å². The summed E-state index contributed by atoms with van der Waals surface area (Å²) < 4.78 is 39.6. The molecular weight excluding hydrogens is 287 g/mol. The van der Waals surface area contributed by atoms with Gasteiger partial charge in [-0.2, -0.15) is 8.42 Å². The Kier molecular flexibility index (Phi) is 6.67. The molecule has 0 atom stereocenters. The molecular formula is C10H11NaO7S. The van der Waals surface area contributed by atoms with Crippen molar-refractivity contribution in [2.75, 3.05) is 14.2 Å². The third-order valence-electron chi connectivity index (χ3n) is 2.10. The first-order valence-corrected chi connectivity index (χ1v) is 6.03. The molecule has 1 aromatic carbocycles. The van der Waals surface area contributed by atoms with Crippen LogP contribution in [0.1, 0.15) is 20.7 Å². The molecule has 0 heterocycles. The Morgan fingerprint density at radius 1 is 1.05 bits per heavy atom. The van der Waals surface area contributed by atoms with Crippen LogP contribution in [0.4, 0.5) is 0 Å². The van der Waals surface area contributed by atoms with Crippen LogP contribution in [0.15, 0.2) is 23.1 Å². The molecule has 7 nitrogen and oxygen atoms in total. The summed E-state index contributed by atoms with van der Waals surface area (Å²) in [4.78, 5) is 22.3. The van der Waals surface area contributed by atoms with E-state index in [0.29, 0.717) is 0 Å². The fourth-order valence-electron chi connectivity index (χ4n) is 1.25. The van der Waals surface area contributed by atoms with Crippen molar-refractivity contribution >= 4 is 51.6 Å². The van der Waals surface area contributed by atoms with E-state index in [4.69, 9.17) is 4.55 Å². The average molecular weight is 298 g/mol. The van der Waals surface area contributed by atoms with Crippen molar-refractivity contribution in [2.45, 2.75) is 4.90 Å². The average Bonchev–Trinajstić information content (AvgIpc) is 2.35. The van der Waals surface area contributed by atoms with Gasteiger partial charge >= 0.3 is 41.5 Å². The van der Waals surface area contributed by atoms with Crippen molar-refractivity contribution in [1.29, 1.82) is 0 Å². The number of esters is 2. The van der Waals surface area contributed by atoms with Crippen molar-refractivity contribution < 1.29 is 32.0 Å². The van der Waals surface area contributed by atoms with Gasteiger partial charge in [0, 0.05) is 0 Å². The van der Waals surface area contributed by atoms with Crippen LogP contribution in [0, 0.1) is 0 Å². The van der Waals surface area contributed by atoms with Gasteiger partial charge in [-0.1, -0.05) is 0 Å². The number of rotatable bonds is 3. The van der Waals surface area contributed by atoms with Crippen LogP contribution >= 0.6 is 0 Å². The van der Waals surface area contributed by atoms with Crippen LogP contribution in [0.25, 0.3) is 0 Å². The van der Waals surface area contributed by atoms with E-state index in [1.54, 1.807) is 0 Å². The third kappa shape index (κ3) is 4.29. The second-order valence-corrected chi connectivity index (χ2v) is 4.59. The van der Waals surface area contributed by atoms with Crippen LogP contribution in [-0.4, -0.2) is 68.7 Å². The molecule has 0 spiro atoms. The van der Waals surface area contributed by atoms with Crippen molar-refractivity contribution in [3.63, 3.8) is 0 Å². The minimum absolute atomic E-state index is 0. The number of carbonyl (C=O) groups excluding carboxylic acids is 2. The van der Waals surface area contributed by atoms with Gasteiger partial charge in [0.25, 0.3) is 10.1 Å². The first kappa shape index (κ1) is 18.1. The summed E-state index contributed by atoms with van der Waals surface area (Å²) in [6, 6.07) is 2.88. The van der Waals surface area contributed by atoms with Gasteiger partial charge in [0.1, 0.15) is 0 Å². The molecule has 1 aromatic rings. The molecule has 0 saturated heterocycles. The van der Waals surface area contributed by atoms with E-state index in [1.165, 1.54) is 0 Å². The van der Waals surface area contributed by atoms with Gasteiger partial charge in [0.2, 0.25) is 0 Å². The summed E-state index contributed by atoms with van der Waals surface area (Å²) in [6.45, 7) is 0. The number of carbonyl (C=O) groups is 2. The molecule has 0 amide bonds. The quantitative estimate of drug-likeness (QED) is 0.470. The molecule has 19 heavy (non-hydrogen) atoms. The molecule has 1 N–H and O–H groups in total. The van der Waals surface area contributed by atoms with E-state index >= 15 is 0 Å². The molecule has 0 aliphatic rings. The fraction of sp³-hybridized carbons (Fsp3) is 0.200. The number of ether oxygens (including phenoxy) is 2. The van der Waals surface area contributed by atoms with Gasteiger partial charge in [-0.25, -0.2) is 9.59 Å². The normalized spacial score (nSPS) is 10.3. The van der Waals surface area contributed by atoms with Crippen molar-refractivity contribution in [2.24, 2.45) is 0 Å². The first-order valence-electron chi connectivity index (χ1n) is 4.59. The van der Waals surface area contributed by atoms with Crippen LogP contribution in [-0.2, 0) is 19.6 Å². The topological polar surface area (TPSA) is 107 Å². The maximum atomic E-state index is 11.4. The van der Waals surface area contributed by atoms with Crippen molar-refractivity contribution in [3.8, 4) is 0 Å². The van der Waals surface area contributed by atoms with Gasteiger partial charge in [-0.3, -0.25) is 4.55 Å². The molecule has 0 unspecified atom stereocenters. The summed E-state index contributed by atoms with van der Waals surface area (Å²) in [5, 5.41) is 0. The predicted molar refractivity (Wildman–Crippen MR) is 66.1 cm³/mol. The zero-order valence-electron chi connectivity index (χ0n) is 9.54. The van der Waals surface area contributed by atoms with Crippen molar-refractivity contribution in [3.05, 3.63) is 29.3 Å². The molecule has 0 aromatic heterocycles. The van der Waals surface area contributed by atoms with Gasteiger partial charge in [0.15, 0.2) is 0 Å². The molecule has 0 aliphatic carbocycles. The molecule has 9 heteroatoms. The molecule has 0 saturated carbocycles. The summed E-state index contributed by atoms with van der Waals surface area (Å²) >= 11 is 0. The molecule has 0 aliphatic heterocycles. The van der Waals surface area contributed by atoms with Crippen LogP contribution in [0.5, 0.6) is 0 Å². The van der Waals surface area contributed by atoms with E-state index in [1.807, 2.05) is 0 Å². The number of hydrogen-bond donors (Lipinski definition) is 1. The maximum absolute atomic E-state index is 11.4. The van der Waals surface area contributed by atoms with Crippen LogP contribution in [0.2, 0.25) is 0 Å². The van der Waals surface area contributed by atoms with Gasteiger partial charge in [-0.15, -0.1) is 0 Å². The summed E-state index contributed by atoms with van der Waals surface area (Å²) in [7, 11) is -2.29. The summed E-state index contributed by atoms with van der Waals surface area (Å²) in [5.74, 6) is -1.74. The number of methoxy groups -OCH3 is 2. The third-order valence-corrected chi connectivity index (χ3v) is 2.95. The zero-order valence-corrected chi connectivity index (χ0v) is 10.4. The SMILES string of the molecule is COC(=O)c1ccc(S(=O)(=O)O)cc1C(=O)OC.[NaH]. The molecule has 0 radical (unpaired) electrons. The predicted octanol–water partition coefficient (Wildman–Crippen LogP) is -0.142. The van der Waals surface area contributed by atoms with Crippen LogP contribution < -0.4 is 0 Å². The molecule has 0 fully saturated rings. The van der Waals surface area contributed by atoms with Crippen molar-refractivity contribution in [1.82, 2.24) is 0 Å². The standard InChI is InChI=1S/C10H10O7S.Na.H/c1-16-9(11)7-4-3-6(18(13,14)15)5-8(7)10(12)17-2;;/h3-5H,1-2H3,(H,13,14,15);;. The Morgan fingerprint density at radius 2 is 1.53 bits per heavy atom. The summed E-state index contributed by atoms with van der Waals surface area (Å²) in [5.41, 5.74) is -0.462. The van der Waals surface area contributed by atoms with E-state index in [9.17, 15) is 18.0 Å². The monoisotopic (exact) mass is 298 g/mol.